The average Bonchev–Trinajstić information content (AvgIpc) is 2.93. The standard InChI is InChI=1S/C29H31N3O4/c1-33-25-15-21(16-26(34-2)29(25)35-3)32-27-17-23-20(18-31-27)9-10-24(36-22-11-13-30-14-12-22)28(23)19-7-5-4-6-8-19/h4-10,15-18,22,30H,11-14H2,1-3H3,(H,31,32). The van der Waals surface area contributed by atoms with Gasteiger partial charge in [-0.2, -0.15) is 0 Å². The second-order valence-corrected chi connectivity index (χ2v) is 8.70. The number of hydrogen-bond donors (Lipinski definition) is 2. The highest BCUT2D eigenvalue weighted by Gasteiger charge is 2.19. The average molecular weight is 486 g/mol. The zero-order chi connectivity index (χ0) is 24.9. The van der Waals surface area contributed by atoms with Crippen molar-refractivity contribution in [3.05, 3.63) is 66.9 Å². The lowest BCUT2D eigenvalue weighted by Gasteiger charge is -2.25. The lowest BCUT2D eigenvalue weighted by molar-refractivity contribution is 0.163. The minimum Gasteiger partial charge on any atom is -0.493 e. The molecule has 1 aliphatic rings. The van der Waals surface area contributed by atoms with E-state index in [2.05, 4.69) is 58.1 Å². The molecule has 0 aliphatic carbocycles. The molecule has 5 rings (SSSR count). The number of methoxy groups -OCH3 is 3. The molecule has 2 heterocycles. The largest absolute Gasteiger partial charge is 0.493 e. The second-order valence-electron chi connectivity index (χ2n) is 8.70. The van der Waals surface area contributed by atoms with E-state index in [1.165, 1.54) is 0 Å². The van der Waals surface area contributed by atoms with Crippen LogP contribution >= 0.6 is 0 Å². The SMILES string of the molecule is COc1cc(Nc2cc3c(-c4ccccc4)c(OC4CCNCC4)ccc3cn2)cc(OC)c1OC. The summed E-state index contributed by atoms with van der Waals surface area (Å²) in [5.74, 6) is 3.28. The van der Waals surface area contributed by atoms with Gasteiger partial charge in [-0.15, -0.1) is 0 Å². The van der Waals surface area contributed by atoms with Gasteiger partial charge in [-0.3, -0.25) is 0 Å². The molecule has 0 saturated carbocycles. The molecule has 1 saturated heterocycles. The Balaban J connectivity index is 1.57. The number of hydrogen-bond acceptors (Lipinski definition) is 7. The Labute approximate surface area is 211 Å². The third kappa shape index (κ3) is 4.88. The van der Waals surface area contributed by atoms with Crippen LogP contribution in [0.4, 0.5) is 11.5 Å². The van der Waals surface area contributed by atoms with Crippen LogP contribution < -0.4 is 29.6 Å². The number of nitrogens with zero attached hydrogens (tertiary/aromatic N) is 1. The van der Waals surface area contributed by atoms with E-state index < -0.39 is 0 Å². The summed E-state index contributed by atoms with van der Waals surface area (Å²) < 4.78 is 23.0. The second kappa shape index (κ2) is 10.7. The maximum Gasteiger partial charge on any atom is 0.203 e. The summed E-state index contributed by atoms with van der Waals surface area (Å²) in [6.07, 6.45) is 4.08. The molecule has 0 atom stereocenters. The van der Waals surface area contributed by atoms with Crippen molar-refractivity contribution in [1.29, 1.82) is 0 Å². The Bertz CT molecular complexity index is 1310. The fraction of sp³-hybridized carbons (Fsp3) is 0.276. The molecular formula is C29H31N3O4. The topological polar surface area (TPSA) is 73.9 Å². The fourth-order valence-corrected chi connectivity index (χ4v) is 4.66. The van der Waals surface area contributed by atoms with Crippen LogP contribution in [0.5, 0.6) is 23.0 Å². The molecule has 1 fully saturated rings. The Morgan fingerprint density at radius 1 is 0.833 bits per heavy atom. The number of nitrogens with one attached hydrogen (secondary N) is 2. The highest BCUT2D eigenvalue weighted by atomic mass is 16.5. The Hall–Kier alpha value is -3.97. The van der Waals surface area contributed by atoms with Crippen molar-refractivity contribution in [2.45, 2.75) is 18.9 Å². The normalized spacial score (nSPS) is 13.9. The van der Waals surface area contributed by atoms with Gasteiger partial charge in [0.25, 0.3) is 0 Å². The van der Waals surface area contributed by atoms with E-state index in [0.29, 0.717) is 23.1 Å². The lowest BCUT2D eigenvalue weighted by Crippen LogP contribution is -2.34. The first kappa shape index (κ1) is 23.8. The van der Waals surface area contributed by atoms with Gasteiger partial charge >= 0.3 is 0 Å². The third-order valence-electron chi connectivity index (χ3n) is 6.44. The molecule has 2 N–H and O–H groups in total. The predicted molar refractivity (Wildman–Crippen MR) is 143 cm³/mol. The summed E-state index contributed by atoms with van der Waals surface area (Å²) in [6, 6.07) is 20.3. The molecule has 0 bridgehead atoms. The molecule has 4 aromatic rings. The molecule has 0 radical (unpaired) electrons. The van der Waals surface area contributed by atoms with Crippen LogP contribution in [0.25, 0.3) is 21.9 Å². The number of piperidine rings is 1. The summed E-state index contributed by atoms with van der Waals surface area (Å²) in [4.78, 5) is 4.66. The van der Waals surface area contributed by atoms with Crippen molar-refractivity contribution >= 4 is 22.3 Å². The monoisotopic (exact) mass is 485 g/mol. The van der Waals surface area contributed by atoms with Crippen LogP contribution in [0.15, 0.2) is 66.9 Å². The highest BCUT2D eigenvalue weighted by Crippen LogP contribution is 2.42. The van der Waals surface area contributed by atoms with E-state index in [-0.39, 0.29) is 6.10 Å². The minimum atomic E-state index is 0.199. The summed E-state index contributed by atoms with van der Waals surface area (Å²) in [7, 11) is 4.80. The van der Waals surface area contributed by atoms with Crippen LogP contribution in [-0.2, 0) is 0 Å². The van der Waals surface area contributed by atoms with Gasteiger partial charge in [0.15, 0.2) is 11.5 Å². The van der Waals surface area contributed by atoms with E-state index in [9.17, 15) is 0 Å². The molecule has 36 heavy (non-hydrogen) atoms. The number of aromatic nitrogens is 1. The summed E-state index contributed by atoms with van der Waals surface area (Å²) >= 11 is 0. The highest BCUT2D eigenvalue weighted by molar-refractivity contribution is 6.00. The number of anilines is 2. The van der Waals surface area contributed by atoms with Gasteiger partial charge in [-0.05, 0) is 55.1 Å². The summed E-state index contributed by atoms with van der Waals surface area (Å²) in [5.41, 5.74) is 2.96. The lowest BCUT2D eigenvalue weighted by atomic mass is 9.97. The maximum absolute atomic E-state index is 6.57. The molecular weight excluding hydrogens is 454 g/mol. The number of rotatable bonds is 8. The first-order valence-electron chi connectivity index (χ1n) is 12.1. The van der Waals surface area contributed by atoms with E-state index in [0.717, 1.165) is 59.3 Å². The molecule has 3 aromatic carbocycles. The van der Waals surface area contributed by atoms with Crippen molar-refractivity contribution in [2.24, 2.45) is 0 Å². The molecule has 186 valence electrons. The minimum absolute atomic E-state index is 0.199. The van der Waals surface area contributed by atoms with Crippen LogP contribution in [0.1, 0.15) is 12.8 Å². The molecule has 0 amide bonds. The quantitative estimate of drug-likeness (QED) is 0.327. The maximum atomic E-state index is 6.57. The number of fused-ring (bicyclic) bond motifs is 1. The Morgan fingerprint density at radius 2 is 1.56 bits per heavy atom. The van der Waals surface area contributed by atoms with Crippen molar-refractivity contribution in [3.8, 4) is 34.1 Å². The number of pyridine rings is 1. The Morgan fingerprint density at radius 3 is 2.22 bits per heavy atom. The van der Waals surface area contributed by atoms with E-state index in [1.807, 2.05) is 24.4 Å². The van der Waals surface area contributed by atoms with Crippen molar-refractivity contribution < 1.29 is 18.9 Å². The molecule has 1 aliphatic heterocycles. The smallest absolute Gasteiger partial charge is 0.203 e. The van der Waals surface area contributed by atoms with Gasteiger partial charge in [0.1, 0.15) is 17.7 Å². The molecule has 7 heteroatoms. The van der Waals surface area contributed by atoms with Gasteiger partial charge < -0.3 is 29.6 Å². The first-order valence-corrected chi connectivity index (χ1v) is 12.1. The van der Waals surface area contributed by atoms with Crippen molar-refractivity contribution in [3.63, 3.8) is 0 Å². The zero-order valence-electron chi connectivity index (χ0n) is 20.8. The van der Waals surface area contributed by atoms with E-state index in [4.69, 9.17) is 18.9 Å². The molecule has 0 unspecified atom stereocenters. The van der Waals surface area contributed by atoms with Gasteiger partial charge in [0, 0.05) is 35.0 Å². The first-order chi connectivity index (χ1) is 17.7. The zero-order valence-corrected chi connectivity index (χ0v) is 20.8. The number of benzene rings is 3. The molecule has 1 aromatic heterocycles. The predicted octanol–water partition coefficient (Wildman–Crippen LogP) is 5.80. The number of ether oxygens (including phenoxy) is 4. The fourth-order valence-electron chi connectivity index (χ4n) is 4.66. The van der Waals surface area contributed by atoms with E-state index in [1.54, 1.807) is 21.3 Å². The van der Waals surface area contributed by atoms with Crippen LogP contribution in [0, 0.1) is 0 Å². The molecule has 7 nitrogen and oxygen atoms in total. The van der Waals surface area contributed by atoms with Crippen LogP contribution in [0.2, 0.25) is 0 Å². The summed E-state index contributed by atoms with van der Waals surface area (Å²) in [6.45, 7) is 1.96. The van der Waals surface area contributed by atoms with Crippen molar-refractivity contribution in [1.82, 2.24) is 10.3 Å². The van der Waals surface area contributed by atoms with Crippen LogP contribution in [0.3, 0.4) is 0 Å². The van der Waals surface area contributed by atoms with Gasteiger partial charge in [-0.1, -0.05) is 30.3 Å². The Kier molecular flexibility index (Phi) is 7.09. The van der Waals surface area contributed by atoms with Gasteiger partial charge in [0.2, 0.25) is 5.75 Å². The van der Waals surface area contributed by atoms with Gasteiger partial charge in [-0.25, -0.2) is 4.98 Å². The van der Waals surface area contributed by atoms with Gasteiger partial charge in [0.05, 0.1) is 21.3 Å². The van der Waals surface area contributed by atoms with E-state index >= 15 is 0 Å². The van der Waals surface area contributed by atoms with Crippen molar-refractivity contribution in [2.75, 3.05) is 39.7 Å². The third-order valence-corrected chi connectivity index (χ3v) is 6.44. The molecule has 0 spiro atoms. The van der Waals surface area contributed by atoms with Crippen LogP contribution in [-0.4, -0.2) is 45.5 Å². The summed E-state index contributed by atoms with van der Waals surface area (Å²) in [5, 5.41) is 8.92.